The minimum absolute atomic E-state index is 0.200. The van der Waals surface area contributed by atoms with Gasteiger partial charge < -0.3 is 20.1 Å². The highest BCUT2D eigenvalue weighted by atomic mass is 16.7. The minimum Gasteiger partial charge on any atom is -0.454 e. The van der Waals surface area contributed by atoms with Crippen LogP contribution in [0.5, 0.6) is 11.5 Å². The number of hydrogen-bond donors (Lipinski definition) is 2. The summed E-state index contributed by atoms with van der Waals surface area (Å²) in [6.45, 7) is 2.99. The highest BCUT2D eigenvalue weighted by Crippen LogP contribution is 2.34. The van der Waals surface area contributed by atoms with E-state index >= 15 is 0 Å². The Morgan fingerprint density at radius 1 is 1.04 bits per heavy atom. The lowest BCUT2D eigenvalue weighted by atomic mass is 10.1. The molecule has 6 heteroatoms. The second-order valence-electron chi connectivity index (χ2n) is 6.23. The first kappa shape index (κ1) is 16.9. The molecule has 0 radical (unpaired) electrons. The maximum Gasteiger partial charge on any atom is 0.274 e. The summed E-state index contributed by atoms with van der Waals surface area (Å²) in [4.78, 5) is 16.6. The van der Waals surface area contributed by atoms with Crippen LogP contribution in [-0.2, 0) is 6.54 Å². The van der Waals surface area contributed by atoms with Crippen LogP contribution in [0.4, 0.5) is 11.4 Å². The average Bonchev–Trinajstić information content (AvgIpc) is 3.15. The molecule has 0 spiro atoms. The molecule has 1 aromatic heterocycles. The molecule has 1 aliphatic rings. The topological polar surface area (TPSA) is 72.5 Å². The third-order valence-corrected chi connectivity index (χ3v) is 4.37. The normalized spacial score (nSPS) is 11.9. The fraction of sp³-hybridized carbons (Fsp3) is 0.143. The Bertz CT molecular complexity index is 971. The van der Waals surface area contributed by atoms with E-state index in [1.54, 1.807) is 30.5 Å². The molecule has 0 atom stereocenters. The molecule has 0 saturated heterocycles. The van der Waals surface area contributed by atoms with Gasteiger partial charge in [-0.1, -0.05) is 24.3 Å². The molecule has 6 nitrogen and oxygen atoms in total. The van der Waals surface area contributed by atoms with Crippen LogP contribution in [0.3, 0.4) is 0 Å². The smallest absolute Gasteiger partial charge is 0.274 e. The largest absolute Gasteiger partial charge is 0.454 e. The number of pyridine rings is 1. The molecule has 0 aliphatic carbocycles. The molecule has 2 aromatic carbocycles. The second kappa shape index (κ2) is 7.37. The molecule has 0 unspecified atom stereocenters. The summed E-state index contributed by atoms with van der Waals surface area (Å²) >= 11 is 0. The highest BCUT2D eigenvalue weighted by molar-refractivity contribution is 6.03. The highest BCUT2D eigenvalue weighted by Gasteiger charge is 2.15. The van der Waals surface area contributed by atoms with E-state index in [-0.39, 0.29) is 12.7 Å². The van der Waals surface area contributed by atoms with Gasteiger partial charge in [0, 0.05) is 18.3 Å². The summed E-state index contributed by atoms with van der Waals surface area (Å²) in [7, 11) is 0. The van der Waals surface area contributed by atoms with Crippen molar-refractivity contribution in [2.75, 3.05) is 17.4 Å². The van der Waals surface area contributed by atoms with Gasteiger partial charge in [-0.15, -0.1) is 0 Å². The number of anilines is 2. The van der Waals surface area contributed by atoms with E-state index in [1.165, 1.54) is 11.1 Å². The maximum absolute atomic E-state index is 12.4. The van der Waals surface area contributed by atoms with Gasteiger partial charge in [0.2, 0.25) is 6.79 Å². The van der Waals surface area contributed by atoms with Crippen LogP contribution < -0.4 is 20.1 Å². The Balaban J connectivity index is 1.38. The molecular formula is C21H19N3O3. The number of nitrogens with zero attached hydrogens (tertiary/aromatic N) is 1. The van der Waals surface area contributed by atoms with E-state index in [2.05, 4.69) is 34.7 Å². The van der Waals surface area contributed by atoms with Gasteiger partial charge in [0.05, 0.1) is 11.9 Å². The van der Waals surface area contributed by atoms with Crippen molar-refractivity contribution in [3.8, 4) is 11.5 Å². The van der Waals surface area contributed by atoms with Crippen molar-refractivity contribution >= 4 is 17.3 Å². The summed E-state index contributed by atoms with van der Waals surface area (Å²) in [5, 5.41) is 6.14. The number of aromatic nitrogens is 1. The van der Waals surface area contributed by atoms with Crippen molar-refractivity contribution in [3.05, 3.63) is 77.6 Å². The Labute approximate surface area is 157 Å². The van der Waals surface area contributed by atoms with Gasteiger partial charge in [-0.25, -0.2) is 4.98 Å². The zero-order valence-corrected chi connectivity index (χ0v) is 14.9. The van der Waals surface area contributed by atoms with Crippen LogP contribution in [0, 0.1) is 6.92 Å². The van der Waals surface area contributed by atoms with Gasteiger partial charge in [-0.05, 0) is 42.3 Å². The molecule has 3 aromatic rings. The van der Waals surface area contributed by atoms with Crippen LogP contribution in [0.2, 0.25) is 0 Å². The lowest BCUT2D eigenvalue weighted by Crippen LogP contribution is -2.13. The predicted molar refractivity (Wildman–Crippen MR) is 103 cm³/mol. The molecule has 2 heterocycles. The lowest BCUT2D eigenvalue weighted by molar-refractivity contribution is 0.102. The summed E-state index contributed by atoms with van der Waals surface area (Å²) in [6, 6.07) is 17.0. The van der Waals surface area contributed by atoms with E-state index in [9.17, 15) is 4.79 Å². The number of carbonyl (C=O) groups is 1. The molecule has 0 saturated carbocycles. The van der Waals surface area contributed by atoms with Gasteiger partial charge in [-0.2, -0.15) is 0 Å². The standard InChI is InChI=1S/C21H19N3O3/c1-14-4-2-3-5-15(14)11-22-17-6-8-18(23-12-17)21(25)24-16-7-9-19-20(10-16)27-13-26-19/h2-10,12,22H,11,13H2,1H3,(H,24,25). The van der Waals surface area contributed by atoms with Crippen molar-refractivity contribution in [2.24, 2.45) is 0 Å². The Morgan fingerprint density at radius 2 is 1.85 bits per heavy atom. The molecule has 4 rings (SSSR count). The number of rotatable bonds is 5. The zero-order valence-electron chi connectivity index (χ0n) is 14.9. The molecule has 1 amide bonds. The summed E-state index contributed by atoms with van der Waals surface area (Å²) < 4.78 is 10.6. The molecule has 0 fully saturated rings. The first-order valence-electron chi connectivity index (χ1n) is 8.64. The van der Waals surface area contributed by atoms with Gasteiger partial charge in [0.25, 0.3) is 5.91 Å². The lowest BCUT2D eigenvalue weighted by Gasteiger charge is -2.09. The summed E-state index contributed by atoms with van der Waals surface area (Å²) in [6.07, 6.45) is 1.66. The van der Waals surface area contributed by atoms with Gasteiger partial charge in [0.1, 0.15) is 5.69 Å². The number of benzene rings is 2. The van der Waals surface area contributed by atoms with Crippen LogP contribution in [-0.4, -0.2) is 17.7 Å². The molecule has 1 aliphatic heterocycles. The van der Waals surface area contributed by atoms with Crippen LogP contribution in [0.15, 0.2) is 60.8 Å². The average molecular weight is 361 g/mol. The van der Waals surface area contributed by atoms with Crippen molar-refractivity contribution < 1.29 is 14.3 Å². The number of hydrogen-bond acceptors (Lipinski definition) is 5. The number of nitrogens with one attached hydrogen (secondary N) is 2. The van der Waals surface area contributed by atoms with Crippen LogP contribution in [0.25, 0.3) is 0 Å². The number of carbonyl (C=O) groups excluding carboxylic acids is 1. The van der Waals surface area contributed by atoms with E-state index < -0.39 is 0 Å². The van der Waals surface area contributed by atoms with Crippen molar-refractivity contribution in [1.82, 2.24) is 4.98 Å². The molecule has 2 N–H and O–H groups in total. The van der Waals surface area contributed by atoms with Crippen LogP contribution >= 0.6 is 0 Å². The van der Waals surface area contributed by atoms with Crippen molar-refractivity contribution in [3.63, 3.8) is 0 Å². The quantitative estimate of drug-likeness (QED) is 0.719. The fourth-order valence-corrected chi connectivity index (χ4v) is 2.81. The van der Waals surface area contributed by atoms with E-state index in [0.29, 0.717) is 29.4 Å². The molecule has 27 heavy (non-hydrogen) atoms. The fourth-order valence-electron chi connectivity index (χ4n) is 2.81. The summed E-state index contributed by atoms with van der Waals surface area (Å²) in [5.41, 5.74) is 4.29. The van der Waals surface area contributed by atoms with Crippen LogP contribution in [0.1, 0.15) is 21.6 Å². The molecule has 0 bridgehead atoms. The number of aryl methyl sites for hydroxylation is 1. The SMILES string of the molecule is Cc1ccccc1CNc1ccc(C(=O)Nc2ccc3c(c2)OCO3)nc1. The molecular weight excluding hydrogens is 342 g/mol. The Morgan fingerprint density at radius 3 is 2.67 bits per heavy atom. The van der Waals surface area contributed by atoms with Gasteiger partial charge >= 0.3 is 0 Å². The summed E-state index contributed by atoms with van der Waals surface area (Å²) in [5.74, 6) is 1.02. The third kappa shape index (κ3) is 3.84. The van der Waals surface area contributed by atoms with E-state index in [0.717, 1.165) is 5.69 Å². The monoisotopic (exact) mass is 361 g/mol. The predicted octanol–water partition coefficient (Wildman–Crippen LogP) is 3.98. The minimum atomic E-state index is -0.278. The van der Waals surface area contributed by atoms with E-state index in [4.69, 9.17) is 9.47 Å². The number of ether oxygens (including phenoxy) is 2. The zero-order chi connectivity index (χ0) is 18.6. The molecule has 136 valence electrons. The maximum atomic E-state index is 12.4. The number of amides is 1. The second-order valence-corrected chi connectivity index (χ2v) is 6.23. The van der Waals surface area contributed by atoms with E-state index in [1.807, 2.05) is 18.2 Å². The first-order valence-corrected chi connectivity index (χ1v) is 8.64. The van der Waals surface area contributed by atoms with Gasteiger partial charge in [-0.3, -0.25) is 4.79 Å². The van der Waals surface area contributed by atoms with Crippen molar-refractivity contribution in [2.45, 2.75) is 13.5 Å². The Kier molecular flexibility index (Phi) is 4.61. The number of fused-ring (bicyclic) bond motifs is 1. The van der Waals surface area contributed by atoms with Crippen molar-refractivity contribution in [1.29, 1.82) is 0 Å². The third-order valence-electron chi connectivity index (χ3n) is 4.37. The van der Waals surface area contributed by atoms with Gasteiger partial charge in [0.15, 0.2) is 11.5 Å². The Hall–Kier alpha value is -3.54. The first-order chi connectivity index (χ1) is 13.2.